The molecule has 0 spiro atoms. The van der Waals surface area contributed by atoms with E-state index in [2.05, 4.69) is 17.4 Å². The van der Waals surface area contributed by atoms with E-state index < -0.39 is 0 Å². The Hall–Kier alpha value is -2.13. The standard InChI is InChI=1S/C17H19NO.CH4O/c1-13-8-10-16(11-9-13)18-17(19)14(2)12-15-6-4-3-5-7-15;1-2/h3-11,14H,12H2,1-2H3,(H,18,19);2H,1H3. The van der Waals surface area contributed by atoms with Crippen molar-refractivity contribution in [3.8, 4) is 0 Å². The van der Waals surface area contributed by atoms with E-state index in [1.807, 2.05) is 56.3 Å². The van der Waals surface area contributed by atoms with Crippen LogP contribution >= 0.6 is 0 Å². The number of rotatable bonds is 4. The second kappa shape index (κ2) is 8.93. The van der Waals surface area contributed by atoms with Crippen LogP contribution in [0.4, 0.5) is 5.69 Å². The highest BCUT2D eigenvalue weighted by atomic mass is 16.2. The molecule has 0 heterocycles. The van der Waals surface area contributed by atoms with Crippen LogP contribution in [-0.2, 0) is 11.2 Å². The van der Waals surface area contributed by atoms with E-state index in [1.54, 1.807) is 0 Å². The lowest BCUT2D eigenvalue weighted by Crippen LogP contribution is -2.22. The van der Waals surface area contributed by atoms with Crippen LogP contribution < -0.4 is 5.32 Å². The maximum absolute atomic E-state index is 12.1. The highest BCUT2D eigenvalue weighted by Crippen LogP contribution is 2.13. The van der Waals surface area contributed by atoms with Crippen LogP contribution in [0.1, 0.15) is 18.1 Å². The first-order valence-electron chi connectivity index (χ1n) is 7.01. The zero-order valence-corrected chi connectivity index (χ0v) is 12.8. The minimum atomic E-state index is -0.0382. The minimum absolute atomic E-state index is 0.0382. The van der Waals surface area contributed by atoms with Gasteiger partial charge in [-0.15, -0.1) is 0 Å². The van der Waals surface area contributed by atoms with Crippen LogP contribution in [0.15, 0.2) is 54.6 Å². The number of carbonyl (C=O) groups excluding carboxylic acids is 1. The third kappa shape index (κ3) is 5.79. The summed E-state index contributed by atoms with van der Waals surface area (Å²) in [6, 6.07) is 18.0. The topological polar surface area (TPSA) is 49.3 Å². The van der Waals surface area contributed by atoms with E-state index in [4.69, 9.17) is 5.11 Å². The van der Waals surface area contributed by atoms with Crippen LogP contribution in [-0.4, -0.2) is 18.1 Å². The molecule has 0 bridgehead atoms. The third-order valence-corrected chi connectivity index (χ3v) is 3.15. The van der Waals surface area contributed by atoms with Gasteiger partial charge in [0.05, 0.1) is 0 Å². The van der Waals surface area contributed by atoms with Gasteiger partial charge in [-0.2, -0.15) is 0 Å². The van der Waals surface area contributed by atoms with E-state index in [0.717, 1.165) is 19.2 Å². The average Bonchev–Trinajstić information content (AvgIpc) is 2.52. The number of amides is 1. The Balaban J connectivity index is 0.00000106. The molecule has 0 saturated heterocycles. The monoisotopic (exact) mass is 285 g/mol. The molecule has 1 unspecified atom stereocenters. The summed E-state index contributed by atoms with van der Waals surface area (Å²) in [5.74, 6) is 0.0245. The fourth-order valence-electron chi connectivity index (χ4n) is 1.96. The van der Waals surface area contributed by atoms with Gasteiger partial charge in [-0.25, -0.2) is 0 Å². The average molecular weight is 285 g/mol. The molecule has 0 aliphatic rings. The number of hydrogen-bond donors (Lipinski definition) is 2. The minimum Gasteiger partial charge on any atom is -0.400 e. The first-order chi connectivity index (χ1) is 10.1. The van der Waals surface area contributed by atoms with Crippen molar-refractivity contribution >= 4 is 11.6 Å². The molecule has 3 heteroatoms. The lowest BCUT2D eigenvalue weighted by molar-refractivity contribution is -0.119. The first kappa shape index (κ1) is 16.9. The van der Waals surface area contributed by atoms with E-state index in [1.165, 1.54) is 11.1 Å². The van der Waals surface area contributed by atoms with Crippen molar-refractivity contribution in [3.63, 3.8) is 0 Å². The lowest BCUT2D eigenvalue weighted by atomic mass is 10.0. The van der Waals surface area contributed by atoms with Gasteiger partial charge in [-0.3, -0.25) is 4.79 Å². The van der Waals surface area contributed by atoms with Crippen LogP contribution in [0, 0.1) is 12.8 Å². The van der Waals surface area contributed by atoms with Crippen LogP contribution in [0.3, 0.4) is 0 Å². The first-order valence-corrected chi connectivity index (χ1v) is 7.01. The number of aliphatic hydroxyl groups is 1. The van der Waals surface area contributed by atoms with Crippen molar-refractivity contribution in [2.45, 2.75) is 20.3 Å². The molecular formula is C18H23NO2. The molecule has 1 atom stereocenters. The van der Waals surface area contributed by atoms with Gasteiger partial charge in [0.2, 0.25) is 5.91 Å². The SMILES string of the molecule is CO.Cc1ccc(NC(=O)C(C)Cc2ccccc2)cc1. The molecule has 1 amide bonds. The Morgan fingerprint density at radius 2 is 1.62 bits per heavy atom. The molecule has 0 aromatic heterocycles. The molecule has 0 fully saturated rings. The second-order valence-corrected chi connectivity index (χ2v) is 4.95. The van der Waals surface area contributed by atoms with Crippen molar-refractivity contribution in [2.24, 2.45) is 5.92 Å². The largest absolute Gasteiger partial charge is 0.400 e. The number of nitrogens with one attached hydrogen (secondary N) is 1. The van der Waals surface area contributed by atoms with Gasteiger partial charge in [-0.1, -0.05) is 55.0 Å². The number of benzene rings is 2. The molecule has 3 nitrogen and oxygen atoms in total. The molecule has 2 aromatic carbocycles. The third-order valence-electron chi connectivity index (χ3n) is 3.15. The van der Waals surface area contributed by atoms with E-state index in [9.17, 15) is 4.79 Å². The van der Waals surface area contributed by atoms with Crippen molar-refractivity contribution in [1.29, 1.82) is 0 Å². The Morgan fingerprint density at radius 3 is 2.19 bits per heavy atom. The van der Waals surface area contributed by atoms with Crippen LogP contribution in [0.5, 0.6) is 0 Å². The number of carbonyl (C=O) groups is 1. The maximum atomic E-state index is 12.1. The number of aliphatic hydroxyl groups excluding tert-OH is 1. The van der Waals surface area contributed by atoms with Crippen LogP contribution in [0.25, 0.3) is 0 Å². The van der Waals surface area contributed by atoms with Crippen molar-refractivity contribution in [2.75, 3.05) is 12.4 Å². The normalized spacial score (nSPS) is 11.0. The quantitative estimate of drug-likeness (QED) is 0.904. The summed E-state index contributed by atoms with van der Waals surface area (Å²) in [4.78, 5) is 12.1. The van der Waals surface area contributed by atoms with E-state index in [0.29, 0.717) is 0 Å². The van der Waals surface area contributed by atoms with E-state index in [-0.39, 0.29) is 11.8 Å². The Labute approximate surface area is 126 Å². The summed E-state index contributed by atoms with van der Waals surface area (Å²) < 4.78 is 0. The maximum Gasteiger partial charge on any atom is 0.227 e. The van der Waals surface area contributed by atoms with Crippen molar-refractivity contribution < 1.29 is 9.90 Å². The van der Waals surface area contributed by atoms with Gasteiger partial charge in [-0.05, 0) is 31.0 Å². The predicted molar refractivity (Wildman–Crippen MR) is 87.3 cm³/mol. The van der Waals surface area contributed by atoms with Gasteiger partial charge < -0.3 is 10.4 Å². The zero-order chi connectivity index (χ0) is 15.7. The molecule has 0 saturated carbocycles. The summed E-state index contributed by atoms with van der Waals surface area (Å²) in [7, 11) is 1.00. The summed E-state index contributed by atoms with van der Waals surface area (Å²) in [5, 5.41) is 9.95. The number of anilines is 1. The molecule has 0 radical (unpaired) electrons. The summed E-state index contributed by atoms with van der Waals surface area (Å²) in [6.07, 6.45) is 0.762. The fraction of sp³-hybridized carbons (Fsp3) is 0.278. The molecule has 2 rings (SSSR count). The Bertz CT molecular complexity index is 535. The van der Waals surface area contributed by atoms with Gasteiger partial charge in [0.1, 0.15) is 0 Å². The highest BCUT2D eigenvalue weighted by molar-refractivity contribution is 5.92. The van der Waals surface area contributed by atoms with Gasteiger partial charge in [0, 0.05) is 18.7 Å². The van der Waals surface area contributed by atoms with Crippen molar-refractivity contribution in [3.05, 3.63) is 65.7 Å². The number of hydrogen-bond acceptors (Lipinski definition) is 2. The molecule has 2 N–H and O–H groups in total. The Morgan fingerprint density at radius 1 is 1.05 bits per heavy atom. The van der Waals surface area contributed by atoms with Gasteiger partial charge in [0.25, 0.3) is 0 Å². The molecule has 0 aliphatic heterocycles. The predicted octanol–water partition coefficient (Wildman–Crippen LogP) is 3.42. The van der Waals surface area contributed by atoms with Crippen molar-refractivity contribution in [1.82, 2.24) is 0 Å². The Kier molecular flexibility index (Phi) is 7.19. The zero-order valence-electron chi connectivity index (χ0n) is 12.8. The number of aryl methyl sites for hydroxylation is 1. The summed E-state index contributed by atoms with van der Waals surface area (Å²) in [5.41, 5.74) is 3.24. The molecular weight excluding hydrogens is 262 g/mol. The second-order valence-electron chi connectivity index (χ2n) is 4.95. The van der Waals surface area contributed by atoms with Crippen LogP contribution in [0.2, 0.25) is 0 Å². The van der Waals surface area contributed by atoms with Gasteiger partial charge in [0.15, 0.2) is 0 Å². The smallest absolute Gasteiger partial charge is 0.227 e. The summed E-state index contributed by atoms with van der Waals surface area (Å²) >= 11 is 0. The summed E-state index contributed by atoms with van der Waals surface area (Å²) in [6.45, 7) is 3.99. The molecule has 2 aromatic rings. The molecule has 0 aliphatic carbocycles. The lowest BCUT2D eigenvalue weighted by Gasteiger charge is -2.12. The van der Waals surface area contributed by atoms with Gasteiger partial charge >= 0.3 is 0 Å². The molecule has 112 valence electrons. The highest BCUT2D eigenvalue weighted by Gasteiger charge is 2.13. The molecule has 21 heavy (non-hydrogen) atoms. The fourth-order valence-corrected chi connectivity index (χ4v) is 1.96. The van der Waals surface area contributed by atoms with E-state index >= 15 is 0 Å².